The first kappa shape index (κ1) is 12.8. The van der Waals surface area contributed by atoms with Crippen LogP contribution in [0.1, 0.15) is 46.0 Å². The minimum Gasteiger partial charge on any atom is -0.479 e. The lowest BCUT2D eigenvalue weighted by atomic mass is 9.95. The van der Waals surface area contributed by atoms with E-state index in [0.717, 1.165) is 25.7 Å². The summed E-state index contributed by atoms with van der Waals surface area (Å²) in [5.41, 5.74) is -1.28. The van der Waals surface area contributed by atoms with Crippen LogP contribution in [0.15, 0.2) is 4.99 Å². The Morgan fingerprint density at radius 2 is 2.07 bits per heavy atom. The number of aliphatic carboxylic acids is 1. The maximum Gasteiger partial charge on any atom is 0.332 e. The number of carbonyl (C=O) groups is 1. The van der Waals surface area contributed by atoms with Crippen LogP contribution in [0.25, 0.3) is 0 Å². The molecular formula is C10H17NO3. The number of carboxylic acids is 1. The summed E-state index contributed by atoms with van der Waals surface area (Å²) < 4.78 is 0. The van der Waals surface area contributed by atoms with Gasteiger partial charge in [0.05, 0.1) is 0 Å². The van der Waals surface area contributed by atoms with Gasteiger partial charge in [0.2, 0.25) is 6.08 Å². The van der Waals surface area contributed by atoms with E-state index in [1.165, 1.54) is 13.0 Å². The van der Waals surface area contributed by atoms with E-state index in [2.05, 4.69) is 11.9 Å². The van der Waals surface area contributed by atoms with Crippen LogP contribution >= 0.6 is 0 Å². The Morgan fingerprint density at radius 3 is 2.50 bits per heavy atom. The lowest BCUT2D eigenvalue weighted by molar-refractivity contribution is -0.142. The Morgan fingerprint density at radius 1 is 1.43 bits per heavy atom. The van der Waals surface area contributed by atoms with Crippen molar-refractivity contribution >= 4 is 12.0 Å². The summed E-state index contributed by atoms with van der Waals surface area (Å²) in [5.74, 6) is -1.06. The molecule has 4 nitrogen and oxygen atoms in total. The molecule has 0 bridgehead atoms. The molecule has 0 aromatic carbocycles. The van der Waals surface area contributed by atoms with Crippen molar-refractivity contribution in [3.05, 3.63) is 0 Å². The predicted octanol–water partition coefficient (Wildman–Crippen LogP) is 2.14. The molecule has 0 saturated heterocycles. The topological polar surface area (TPSA) is 66.7 Å². The summed E-state index contributed by atoms with van der Waals surface area (Å²) in [4.78, 5) is 24.2. The number of carbonyl (C=O) groups excluding carboxylic acids is 1. The zero-order chi connectivity index (χ0) is 11.0. The minimum absolute atomic E-state index is 0.400. The molecular weight excluding hydrogens is 182 g/mol. The van der Waals surface area contributed by atoms with E-state index < -0.39 is 11.5 Å². The van der Waals surface area contributed by atoms with E-state index in [1.807, 2.05) is 0 Å². The maximum atomic E-state index is 10.8. The number of hydrogen-bond acceptors (Lipinski definition) is 3. The molecule has 1 unspecified atom stereocenters. The van der Waals surface area contributed by atoms with Crippen LogP contribution in [0.3, 0.4) is 0 Å². The van der Waals surface area contributed by atoms with E-state index in [1.54, 1.807) is 0 Å². The molecule has 14 heavy (non-hydrogen) atoms. The summed E-state index contributed by atoms with van der Waals surface area (Å²) in [6.07, 6.45) is 5.67. The van der Waals surface area contributed by atoms with Crippen molar-refractivity contribution < 1.29 is 14.7 Å². The number of nitrogens with zero attached hydrogens (tertiary/aromatic N) is 1. The van der Waals surface area contributed by atoms with Gasteiger partial charge in [-0.2, -0.15) is 4.99 Å². The van der Waals surface area contributed by atoms with Gasteiger partial charge >= 0.3 is 5.97 Å². The Bertz CT molecular complexity index is 230. The fraction of sp³-hybridized carbons (Fsp3) is 0.800. The molecule has 0 aliphatic carbocycles. The van der Waals surface area contributed by atoms with Crippen LogP contribution in [0.2, 0.25) is 0 Å². The molecule has 4 heteroatoms. The van der Waals surface area contributed by atoms with Crippen LogP contribution in [-0.2, 0) is 9.59 Å². The fourth-order valence-electron chi connectivity index (χ4n) is 1.21. The molecule has 0 radical (unpaired) electrons. The first-order valence-corrected chi connectivity index (χ1v) is 4.89. The Hall–Kier alpha value is -1.15. The molecule has 0 aromatic heterocycles. The molecule has 0 aromatic rings. The first-order valence-electron chi connectivity index (χ1n) is 4.89. The highest BCUT2D eigenvalue weighted by Crippen LogP contribution is 2.19. The van der Waals surface area contributed by atoms with Gasteiger partial charge in [0, 0.05) is 0 Å². The molecule has 0 rings (SSSR count). The van der Waals surface area contributed by atoms with E-state index in [4.69, 9.17) is 5.11 Å². The molecule has 1 atom stereocenters. The SMILES string of the molecule is CCCCCCC(C)(N=C=O)C(=O)O. The van der Waals surface area contributed by atoms with Crippen LogP contribution in [0, 0.1) is 0 Å². The first-order chi connectivity index (χ1) is 6.56. The van der Waals surface area contributed by atoms with Gasteiger partial charge < -0.3 is 5.11 Å². The Labute approximate surface area is 84.0 Å². The van der Waals surface area contributed by atoms with Crippen molar-refractivity contribution in [3.8, 4) is 0 Å². The third-order valence-corrected chi connectivity index (χ3v) is 2.27. The summed E-state index contributed by atoms with van der Waals surface area (Å²) in [6, 6.07) is 0. The summed E-state index contributed by atoms with van der Waals surface area (Å²) in [5, 5.41) is 8.85. The second-order valence-electron chi connectivity index (χ2n) is 3.59. The smallest absolute Gasteiger partial charge is 0.332 e. The number of carboxylic acid groups (broad SMARTS) is 1. The lowest BCUT2D eigenvalue weighted by Crippen LogP contribution is -2.32. The molecule has 0 saturated carbocycles. The normalized spacial score (nSPS) is 14.1. The van der Waals surface area contributed by atoms with Gasteiger partial charge in [-0.05, 0) is 13.3 Å². The third kappa shape index (κ3) is 4.19. The largest absolute Gasteiger partial charge is 0.479 e. The highest BCUT2D eigenvalue weighted by Gasteiger charge is 2.31. The van der Waals surface area contributed by atoms with Crippen molar-refractivity contribution in [3.63, 3.8) is 0 Å². The number of hydrogen-bond donors (Lipinski definition) is 1. The molecule has 0 aliphatic rings. The summed E-state index contributed by atoms with van der Waals surface area (Å²) in [6.45, 7) is 3.53. The van der Waals surface area contributed by atoms with Crippen LogP contribution in [-0.4, -0.2) is 22.7 Å². The number of aliphatic imine (C=N–C) groups is 1. The van der Waals surface area contributed by atoms with Crippen LogP contribution < -0.4 is 0 Å². The summed E-state index contributed by atoms with van der Waals surface area (Å²) >= 11 is 0. The zero-order valence-electron chi connectivity index (χ0n) is 8.75. The molecule has 80 valence electrons. The summed E-state index contributed by atoms with van der Waals surface area (Å²) in [7, 11) is 0. The van der Waals surface area contributed by atoms with Gasteiger partial charge in [-0.3, -0.25) is 0 Å². The number of isocyanates is 1. The second kappa shape index (κ2) is 6.33. The van der Waals surface area contributed by atoms with Crippen molar-refractivity contribution in [1.82, 2.24) is 0 Å². The number of rotatable bonds is 7. The van der Waals surface area contributed by atoms with Gasteiger partial charge in [0.15, 0.2) is 5.54 Å². The molecule has 0 spiro atoms. The van der Waals surface area contributed by atoms with Crippen molar-refractivity contribution in [2.45, 2.75) is 51.5 Å². The standard InChI is InChI=1S/C10H17NO3/c1-3-4-5-6-7-10(2,9(13)14)11-8-12/h3-7H2,1-2H3,(H,13,14). The number of unbranched alkanes of at least 4 members (excludes halogenated alkanes) is 3. The molecule has 0 amide bonds. The molecule has 0 fully saturated rings. The van der Waals surface area contributed by atoms with E-state index in [0.29, 0.717) is 6.42 Å². The van der Waals surface area contributed by atoms with Crippen LogP contribution in [0.5, 0.6) is 0 Å². The highest BCUT2D eigenvalue weighted by atomic mass is 16.4. The average Bonchev–Trinajstić information content (AvgIpc) is 2.13. The highest BCUT2D eigenvalue weighted by molar-refractivity contribution is 5.79. The van der Waals surface area contributed by atoms with Gasteiger partial charge in [-0.1, -0.05) is 32.6 Å². The fourth-order valence-corrected chi connectivity index (χ4v) is 1.21. The van der Waals surface area contributed by atoms with Crippen molar-refractivity contribution in [2.24, 2.45) is 4.99 Å². The monoisotopic (exact) mass is 199 g/mol. The molecule has 0 aliphatic heterocycles. The van der Waals surface area contributed by atoms with E-state index >= 15 is 0 Å². The maximum absolute atomic E-state index is 10.8. The van der Waals surface area contributed by atoms with Crippen LogP contribution in [0.4, 0.5) is 0 Å². The van der Waals surface area contributed by atoms with Crippen molar-refractivity contribution in [1.29, 1.82) is 0 Å². The third-order valence-electron chi connectivity index (χ3n) is 2.27. The van der Waals surface area contributed by atoms with Gasteiger partial charge in [-0.15, -0.1) is 0 Å². The Kier molecular flexibility index (Phi) is 5.81. The van der Waals surface area contributed by atoms with E-state index in [9.17, 15) is 9.59 Å². The van der Waals surface area contributed by atoms with E-state index in [-0.39, 0.29) is 0 Å². The van der Waals surface area contributed by atoms with Gasteiger partial charge in [-0.25, -0.2) is 9.59 Å². The average molecular weight is 199 g/mol. The van der Waals surface area contributed by atoms with Gasteiger partial charge in [0.25, 0.3) is 0 Å². The lowest BCUT2D eigenvalue weighted by Gasteiger charge is -2.17. The molecule has 1 N–H and O–H groups in total. The predicted molar refractivity (Wildman–Crippen MR) is 52.9 cm³/mol. The van der Waals surface area contributed by atoms with Crippen molar-refractivity contribution in [2.75, 3.05) is 0 Å². The molecule has 0 heterocycles. The Balaban J connectivity index is 4.11. The van der Waals surface area contributed by atoms with Gasteiger partial charge in [0.1, 0.15) is 0 Å². The zero-order valence-corrected chi connectivity index (χ0v) is 8.75. The second-order valence-corrected chi connectivity index (χ2v) is 3.59. The minimum atomic E-state index is -1.28. The quantitative estimate of drug-likeness (QED) is 0.388.